The molecule has 8 nitrogen and oxygen atoms in total. The number of nitrogens with zero attached hydrogens (tertiary/aromatic N) is 2. The molecule has 3 aromatic carbocycles. The molecule has 1 unspecified atom stereocenters. The normalized spacial score (nSPS) is 15.1. The van der Waals surface area contributed by atoms with Crippen molar-refractivity contribution in [2.24, 2.45) is 0 Å². The fourth-order valence-electron chi connectivity index (χ4n) is 3.56. The summed E-state index contributed by atoms with van der Waals surface area (Å²) < 4.78 is 7.04. The topological polar surface area (TPSA) is 91.0 Å². The molecule has 0 bridgehead atoms. The zero-order valence-electron chi connectivity index (χ0n) is 18.9. The van der Waals surface area contributed by atoms with Gasteiger partial charge in [-0.25, -0.2) is 5.01 Å². The largest absolute Gasteiger partial charge is 0.497 e. The van der Waals surface area contributed by atoms with Gasteiger partial charge in [0.1, 0.15) is 11.8 Å². The summed E-state index contributed by atoms with van der Waals surface area (Å²) in [5, 5.41) is 4.13. The molecule has 184 valence electrons. The summed E-state index contributed by atoms with van der Waals surface area (Å²) in [6, 6.07) is 19.8. The second-order valence-corrected chi connectivity index (χ2v) is 10.3. The molecule has 1 saturated heterocycles. The van der Waals surface area contributed by atoms with E-state index in [1.165, 1.54) is 9.91 Å². The third-order valence-corrected chi connectivity index (χ3v) is 7.01. The van der Waals surface area contributed by atoms with Crippen LogP contribution in [0.2, 0.25) is 0 Å². The Bertz CT molecular complexity index is 1300. The number of benzene rings is 3. The van der Waals surface area contributed by atoms with E-state index in [0.717, 1.165) is 8.04 Å². The van der Waals surface area contributed by atoms with Crippen molar-refractivity contribution in [1.82, 2.24) is 10.4 Å². The highest BCUT2D eigenvalue weighted by molar-refractivity contribution is 14.1. The van der Waals surface area contributed by atoms with Crippen LogP contribution in [-0.2, 0) is 9.59 Å². The van der Waals surface area contributed by atoms with E-state index in [9.17, 15) is 14.4 Å². The molecular weight excluding hydrogens is 659 g/mol. The smallest absolute Gasteiger partial charge is 0.269 e. The van der Waals surface area contributed by atoms with Crippen LogP contribution in [0.4, 0.5) is 11.4 Å². The molecular formula is C25H20BrIN4O4S. The fourth-order valence-corrected chi connectivity index (χ4v) is 4.56. The number of hydrogen-bond acceptors (Lipinski definition) is 5. The standard InChI is InChI=1S/C25H20BrIN4O4S/c1-35-20-12-10-19(11-13-20)30-24(34)21(14-22(32)28-18-8-6-17(27)7-9-18)31(25(30)36)29-23(33)15-2-4-16(26)5-3-15/h2-13,21H,14H2,1H3,(H,28,32)(H,29,33). The quantitative estimate of drug-likeness (QED) is 0.277. The van der Waals surface area contributed by atoms with Gasteiger partial charge in [0.15, 0.2) is 0 Å². The monoisotopic (exact) mass is 678 g/mol. The first-order valence-corrected chi connectivity index (χ1v) is 13.0. The lowest BCUT2D eigenvalue weighted by Crippen LogP contribution is -2.49. The lowest BCUT2D eigenvalue weighted by atomic mass is 10.1. The third-order valence-electron chi connectivity index (χ3n) is 5.38. The van der Waals surface area contributed by atoms with E-state index in [2.05, 4.69) is 49.3 Å². The van der Waals surface area contributed by atoms with Crippen molar-refractivity contribution in [3.05, 3.63) is 86.4 Å². The molecule has 36 heavy (non-hydrogen) atoms. The Labute approximate surface area is 235 Å². The van der Waals surface area contributed by atoms with Crippen molar-refractivity contribution in [2.75, 3.05) is 17.3 Å². The Morgan fingerprint density at radius 3 is 2.28 bits per heavy atom. The van der Waals surface area contributed by atoms with E-state index in [0.29, 0.717) is 22.7 Å². The number of hydrogen-bond donors (Lipinski definition) is 2. The van der Waals surface area contributed by atoms with Crippen molar-refractivity contribution in [2.45, 2.75) is 12.5 Å². The molecule has 1 fully saturated rings. The number of anilines is 2. The number of ether oxygens (including phenoxy) is 1. The van der Waals surface area contributed by atoms with Crippen LogP contribution in [0.3, 0.4) is 0 Å². The van der Waals surface area contributed by atoms with E-state index < -0.39 is 23.8 Å². The molecule has 1 atom stereocenters. The molecule has 4 rings (SSSR count). The maximum atomic E-state index is 13.5. The minimum Gasteiger partial charge on any atom is -0.497 e. The van der Waals surface area contributed by atoms with E-state index in [1.807, 2.05) is 12.1 Å². The number of carbonyl (C=O) groups is 3. The van der Waals surface area contributed by atoms with Gasteiger partial charge in [-0.05, 0) is 108 Å². The lowest BCUT2D eigenvalue weighted by molar-refractivity contribution is -0.124. The summed E-state index contributed by atoms with van der Waals surface area (Å²) >= 11 is 11.1. The summed E-state index contributed by atoms with van der Waals surface area (Å²) in [6.45, 7) is 0. The highest BCUT2D eigenvalue weighted by Gasteiger charge is 2.45. The number of halogens is 2. The van der Waals surface area contributed by atoms with Gasteiger partial charge in [0, 0.05) is 19.3 Å². The van der Waals surface area contributed by atoms with Gasteiger partial charge in [-0.2, -0.15) is 0 Å². The molecule has 11 heteroatoms. The van der Waals surface area contributed by atoms with Gasteiger partial charge in [-0.3, -0.25) is 24.7 Å². The zero-order valence-corrected chi connectivity index (χ0v) is 23.5. The van der Waals surface area contributed by atoms with Crippen molar-refractivity contribution in [3.63, 3.8) is 0 Å². The van der Waals surface area contributed by atoms with Crippen molar-refractivity contribution < 1.29 is 19.1 Å². The molecule has 0 aliphatic carbocycles. The predicted molar refractivity (Wildman–Crippen MR) is 153 cm³/mol. The number of hydrazine groups is 1. The first-order chi connectivity index (χ1) is 17.3. The summed E-state index contributed by atoms with van der Waals surface area (Å²) in [7, 11) is 1.54. The Balaban J connectivity index is 1.59. The molecule has 1 aliphatic heterocycles. The van der Waals surface area contributed by atoms with Gasteiger partial charge < -0.3 is 10.1 Å². The Morgan fingerprint density at radius 1 is 1.03 bits per heavy atom. The molecule has 3 amide bonds. The lowest BCUT2D eigenvalue weighted by Gasteiger charge is -2.24. The summed E-state index contributed by atoms with van der Waals surface area (Å²) in [5.41, 5.74) is 4.18. The number of amides is 3. The van der Waals surface area contributed by atoms with Crippen molar-refractivity contribution in [1.29, 1.82) is 0 Å². The Kier molecular flexibility index (Phi) is 8.21. The minimum absolute atomic E-state index is 0.0580. The highest BCUT2D eigenvalue weighted by Crippen LogP contribution is 2.28. The second kappa shape index (κ2) is 11.4. The fraction of sp³-hybridized carbons (Fsp3) is 0.120. The highest BCUT2D eigenvalue weighted by atomic mass is 127. The van der Waals surface area contributed by atoms with Crippen LogP contribution < -0.4 is 20.4 Å². The average molecular weight is 679 g/mol. The first kappa shape index (κ1) is 26.0. The maximum Gasteiger partial charge on any atom is 0.269 e. The van der Waals surface area contributed by atoms with Gasteiger partial charge in [0.25, 0.3) is 11.8 Å². The molecule has 3 aromatic rings. The summed E-state index contributed by atoms with van der Waals surface area (Å²) in [6.07, 6.45) is -0.224. The van der Waals surface area contributed by atoms with Gasteiger partial charge >= 0.3 is 0 Å². The second-order valence-electron chi connectivity index (χ2n) is 7.75. The third kappa shape index (κ3) is 5.85. The molecule has 1 heterocycles. The van der Waals surface area contributed by atoms with Crippen LogP contribution in [0, 0.1) is 3.57 Å². The molecule has 2 N–H and O–H groups in total. The van der Waals surface area contributed by atoms with E-state index in [4.69, 9.17) is 17.0 Å². The van der Waals surface area contributed by atoms with Gasteiger partial charge in [0.2, 0.25) is 11.0 Å². The van der Waals surface area contributed by atoms with Crippen LogP contribution in [-0.4, -0.2) is 41.0 Å². The van der Waals surface area contributed by atoms with E-state index >= 15 is 0 Å². The molecule has 0 saturated carbocycles. The van der Waals surface area contributed by atoms with Crippen molar-refractivity contribution >= 4 is 84.9 Å². The zero-order chi connectivity index (χ0) is 25.8. The average Bonchev–Trinajstić information content (AvgIpc) is 3.09. The van der Waals surface area contributed by atoms with Crippen LogP contribution in [0.25, 0.3) is 0 Å². The molecule has 1 aliphatic rings. The van der Waals surface area contributed by atoms with E-state index in [-0.39, 0.29) is 11.5 Å². The van der Waals surface area contributed by atoms with Gasteiger partial charge in [0.05, 0.1) is 19.2 Å². The number of carbonyl (C=O) groups excluding carboxylic acids is 3. The molecule has 0 aromatic heterocycles. The number of rotatable bonds is 7. The Morgan fingerprint density at radius 2 is 1.67 bits per heavy atom. The Hall–Kier alpha value is -3.03. The van der Waals surface area contributed by atoms with Gasteiger partial charge in [-0.1, -0.05) is 15.9 Å². The van der Waals surface area contributed by atoms with Gasteiger partial charge in [-0.15, -0.1) is 0 Å². The molecule has 0 radical (unpaired) electrons. The number of methoxy groups -OCH3 is 1. The molecule has 0 spiro atoms. The maximum absolute atomic E-state index is 13.5. The summed E-state index contributed by atoms with van der Waals surface area (Å²) in [5.74, 6) is -0.668. The SMILES string of the molecule is COc1ccc(N2C(=O)C(CC(=O)Nc3ccc(I)cc3)N(NC(=O)c3ccc(Br)cc3)C2=S)cc1. The first-order valence-electron chi connectivity index (χ1n) is 10.7. The predicted octanol–water partition coefficient (Wildman–Crippen LogP) is 4.74. The van der Waals surface area contributed by atoms with Crippen LogP contribution in [0.15, 0.2) is 77.3 Å². The number of thiocarbonyl (C=S) groups is 1. The van der Waals surface area contributed by atoms with Crippen LogP contribution >= 0.6 is 50.7 Å². The van der Waals surface area contributed by atoms with E-state index in [1.54, 1.807) is 67.8 Å². The minimum atomic E-state index is -1.04. The van der Waals surface area contributed by atoms with Crippen LogP contribution in [0.1, 0.15) is 16.8 Å². The van der Waals surface area contributed by atoms with Crippen LogP contribution in [0.5, 0.6) is 5.75 Å². The summed E-state index contributed by atoms with van der Waals surface area (Å²) in [4.78, 5) is 40.7. The van der Waals surface area contributed by atoms with Crippen molar-refractivity contribution in [3.8, 4) is 5.75 Å². The number of nitrogens with one attached hydrogen (secondary N) is 2.